The fourth-order valence-corrected chi connectivity index (χ4v) is 2.11. The van der Waals surface area contributed by atoms with Gasteiger partial charge in [0, 0.05) is 38.3 Å². The molecule has 1 fully saturated rings. The summed E-state index contributed by atoms with van der Waals surface area (Å²) in [4.78, 5) is 13.5. The smallest absolute Gasteiger partial charge is 0.127 e. The van der Waals surface area contributed by atoms with Gasteiger partial charge < -0.3 is 19.2 Å². The molecular formula is C12H23NO3. The third-order valence-electron chi connectivity index (χ3n) is 3.46. The molecule has 1 saturated heterocycles. The molecule has 4 nitrogen and oxygen atoms in total. The minimum Gasteiger partial charge on any atom is -0.383 e. The van der Waals surface area contributed by atoms with E-state index in [4.69, 9.17) is 9.47 Å². The van der Waals surface area contributed by atoms with Gasteiger partial charge in [-0.3, -0.25) is 0 Å². The highest BCUT2D eigenvalue weighted by molar-refractivity contribution is 5.60. The molecule has 0 saturated carbocycles. The summed E-state index contributed by atoms with van der Waals surface area (Å²) in [5.41, 5.74) is -0.213. The first-order chi connectivity index (χ1) is 7.63. The molecule has 0 spiro atoms. The molecule has 1 aliphatic heterocycles. The van der Waals surface area contributed by atoms with Crippen molar-refractivity contribution in [3.05, 3.63) is 0 Å². The van der Waals surface area contributed by atoms with Crippen molar-refractivity contribution in [2.24, 2.45) is 5.41 Å². The normalized spacial score (nSPS) is 22.0. The second-order valence-corrected chi connectivity index (χ2v) is 4.81. The van der Waals surface area contributed by atoms with Crippen LogP contribution in [0.4, 0.5) is 0 Å². The minimum absolute atomic E-state index is 0.213. The zero-order valence-electron chi connectivity index (χ0n) is 10.6. The van der Waals surface area contributed by atoms with Crippen LogP contribution in [0.3, 0.4) is 0 Å². The van der Waals surface area contributed by atoms with Crippen molar-refractivity contribution in [1.82, 2.24) is 4.90 Å². The van der Waals surface area contributed by atoms with Crippen molar-refractivity contribution in [1.29, 1.82) is 0 Å². The molecule has 0 aromatic carbocycles. The molecule has 4 heteroatoms. The first-order valence-electron chi connectivity index (χ1n) is 5.87. The van der Waals surface area contributed by atoms with Crippen LogP contribution in [0.25, 0.3) is 0 Å². The van der Waals surface area contributed by atoms with Gasteiger partial charge in [-0.1, -0.05) is 0 Å². The Kier molecular flexibility index (Phi) is 5.38. The van der Waals surface area contributed by atoms with Crippen LogP contribution >= 0.6 is 0 Å². The summed E-state index contributed by atoms with van der Waals surface area (Å²) in [7, 11) is 3.75. The molecule has 0 aromatic heterocycles. The third kappa shape index (κ3) is 3.54. The summed E-state index contributed by atoms with van der Waals surface area (Å²) >= 11 is 0. The fraction of sp³-hybridized carbons (Fsp3) is 0.917. The predicted octanol–water partition coefficient (Wildman–Crippen LogP) is 0.949. The second-order valence-electron chi connectivity index (χ2n) is 4.81. The van der Waals surface area contributed by atoms with Gasteiger partial charge in [0.05, 0.1) is 6.61 Å². The molecule has 0 aliphatic carbocycles. The van der Waals surface area contributed by atoms with Crippen molar-refractivity contribution in [3.63, 3.8) is 0 Å². The topological polar surface area (TPSA) is 38.8 Å². The molecule has 1 unspecified atom stereocenters. The van der Waals surface area contributed by atoms with Crippen LogP contribution in [0, 0.1) is 5.41 Å². The van der Waals surface area contributed by atoms with E-state index in [9.17, 15) is 4.79 Å². The largest absolute Gasteiger partial charge is 0.383 e. The monoisotopic (exact) mass is 229 g/mol. The average Bonchev–Trinajstić information content (AvgIpc) is 2.30. The Morgan fingerprint density at radius 2 is 2.12 bits per heavy atom. The van der Waals surface area contributed by atoms with Gasteiger partial charge in [0.1, 0.15) is 6.29 Å². The van der Waals surface area contributed by atoms with E-state index in [1.54, 1.807) is 7.11 Å². The lowest BCUT2D eigenvalue weighted by Gasteiger charge is -2.37. The van der Waals surface area contributed by atoms with Crippen molar-refractivity contribution >= 4 is 6.29 Å². The van der Waals surface area contributed by atoms with Crippen LogP contribution < -0.4 is 0 Å². The number of ether oxygens (including phenoxy) is 2. The van der Waals surface area contributed by atoms with Crippen molar-refractivity contribution in [2.75, 3.05) is 40.5 Å². The molecule has 0 radical (unpaired) electrons. The summed E-state index contributed by atoms with van der Waals surface area (Å²) in [6.45, 7) is 5.00. The third-order valence-corrected chi connectivity index (χ3v) is 3.46. The Hall–Kier alpha value is -0.450. The minimum atomic E-state index is -0.213. The Morgan fingerprint density at radius 1 is 1.50 bits per heavy atom. The zero-order valence-corrected chi connectivity index (χ0v) is 10.6. The number of carbonyl (C=O) groups is 1. The Morgan fingerprint density at radius 3 is 2.62 bits per heavy atom. The molecule has 0 amide bonds. The summed E-state index contributed by atoms with van der Waals surface area (Å²) in [5.74, 6) is 0. The van der Waals surface area contributed by atoms with E-state index in [0.29, 0.717) is 25.9 Å². The first kappa shape index (κ1) is 13.6. The van der Waals surface area contributed by atoms with E-state index in [1.165, 1.54) is 0 Å². The molecule has 16 heavy (non-hydrogen) atoms. The predicted molar refractivity (Wildman–Crippen MR) is 62.5 cm³/mol. The van der Waals surface area contributed by atoms with Crippen LogP contribution in [-0.4, -0.2) is 57.8 Å². The molecule has 0 N–H and O–H groups in total. The number of hydrogen-bond acceptors (Lipinski definition) is 4. The SMILES string of the molecule is COCC(C)N(C)CC1(C=O)CCOCC1. The van der Waals surface area contributed by atoms with Gasteiger partial charge in [-0.15, -0.1) is 0 Å². The lowest BCUT2D eigenvalue weighted by atomic mass is 9.81. The maximum absolute atomic E-state index is 11.3. The highest BCUT2D eigenvalue weighted by atomic mass is 16.5. The van der Waals surface area contributed by atoms with E-state index in [-0.39, 0.29) is 5.41 Å². The van der Waals surface area contributed by atoms with E-state index in [1.807, 2.05) is 7.05 Å². The number of hydrogen-bond donors (Lipinski definition) is 0. The molecule has 0 bridgehead atoms. The van der Waals surface area contributed by atoms with Crippen molar-refractivity contribution in [2.45, 2.75) is 25.8 Å². The molecule has 1 rings (SSSR count). The fourth-order valence-electron chi connectivity index (χ4n) is 2.11. The van der Waals surface area contributed by atoms with Crippen molar-refractivity contribution in [3.8, 4) is 0 Å². The molecular weight excluding hydrogens is 206 g/mol. The van der Waals surface area contributed by atoms with Gasteiger partial charge in [-0.2, -0.15) is 0 Å². The molecule has 94 valence electrons. The van der Waals surface area contributed by atoms with E-state index >= 15 is 0 Å². The number of methoxy groups -OCH3 is 1. The maximum Gasteiger partial charge on any atom is 0.127 e. The van der Waals surface area contributed by atoms with Gasteiger partial charge in [0.2, 0.25) is 0 Å². The first-order valence-corrected chi connectivity index (χ1v) is 5.87. The number of likely N-dealkylation sites (N-methyl/N-ethyl adjacent to an activating group) is 1. The second kappa shape index (κ2) is 6.33. The zero-order chi connectivity index (χ0) is 12.0. The van der Waals surface area contributed by atoms with Gasteiger partial charge in [0.15, 0.2) is 0 Å². The number of aldehydes is 1. The van der Waals surface area contributed by atoms with Crippen LogP contribution in [0.2, 0.25) is 0 Å². The average molecular weight is 229 g/mol. The highest BCUT2D eigenvalue weighted by Crippen LogP contribution is 2.29. The number of nitrogens with zero attached hydrogens (tertiary/aromatic N) is 1. The lowest BCUT2D eigenvalue weighted by Crippen LogP contribution is -2.45. The lowest BCUT2D eigenvalue weighted by molar-refractivity contribution is -0.123. The van der Waals surface area contributed by atoms with Crippen LogP contribution in [0.15, 0.2) is 0 Å². The maximum atomic E-state index is 11.3. The van der Waals surface area contributed by atoms with Crippen LogP contribution in [0.5, 0.6) is 0 Å². The van der Waals surface area contributed by atoms with Gasteiger partial charge in [-0.05, 0) is 26.8 Å². The van der Waals surface area contributed by atoms with Crippen LogP contribution in [-0.2, 0) is 14.3 Å². The summed E-state index contributed by atoms with van der Waals surface area (Å²) in [6, 6.07) is 0.338. The van der Waals surface area contributed by atoms with Gasteiger partial charge in [-0.25, -0.2) is 0 Å². The molecule has 1 aliphatic rings. The van der Waals surface area contributed by atoms with Gasteiger partial charge >= 0.3 is 0 Å². The standard InChI is InChI=1S/C12H23NO3/c1-11(8-15-3)13(2)9-12(10-14)4-6-16-7-5-12/h10-11H,4-9H2,1-3H3. The molecule has 1 atom stereocenters. The van der Waals surface area contributed by atoms with Crippen molar-refractivity contribution < 1.29 is 14.3 Å². The highest BCUT2D eigenvalue weighted by Gasteiger charge is 2.34. The summed E-state index contributed by atoms with van der Waals surface area (Å²) < 4.78 is 10.4. The molecule has 1 heterocycles. The number of carbonyl (C=O) groups excluding carboxylic acids is 1. The Bertz CT molecular complexity index is 214. The Labute approximate surface area is 97.9 Å². The Balaban J connectivity index is 2.51. The quantitative estimate of drug-likeness (QED) is 0.636. The number of rotatable bonds is 6. The van der Waals surface area contributed by atoms with E-state index < -0.39 is 0 Å². The van der Waals surface area contributed by atoms with Crippen LogP contribution in [0.1, 0.15) is 19.8 Å². The molecule has 0 aromatic rings. The van der Waals surface area contributed by atoms with Gasteiger partial charge in [0.25, 0.3) is 0 Å². The summed E-state index contributed by atoms with van der Waals surface area (Å²) in [6.07, 6.45) is 2.78. The summed E-state index contributed by atoms with van der Waals surface area (Å²) in [5, 5.41) is 0. The van der Waals surface area contributed by atoms with E-state index in [0.717, 1.165) is 25.7 Å². The van der Waals surface area contributed by atoms with E-state index in [2.05, 4.69) is 11.8 Å².